The number of nitrogens with zero attached hydrogens (tertiary/aromatic N) is 1. The first kappa shape index (κ1) is 21.9. The molecular weight excluding hydrogens is 354 g/mol. The summed E-state index contributed by atoms with van der Waals surface area (Å²) in [5.41, 5.74) is 1.46. The average molecular weight is 388 g/mol. The quantitative estimate of drug-likeness (QED) is 0.673. The number of likely N-dealkylation sites (tertiary alicyclic amines) is 1. The smallest absolute Gasteiger partial charge is 0.252 e. The van der Waals surface area contributed by atoms with Crippen molar-refractivity contribution in [3.8, 4) is 0 Å². The van der Waals surface area contributed by atoms with Crippen LogP contribution >= 0.6 is 0 Å². The molecule has 1 aliphatic rings. The first-order chi connectivity index (χ1) is 13.4. The zero-order valence-electron chi connectivity index (χ0n) is 17.3. The van der Waals surface area contributed by atoms with Crippen molar-refractivity contribution in [3.63, 3.8) is 0 Å². The van der Waals surface area contributed by atoms with E-state index < -0.39 is 6.04 Å². The second-order valence-corrected chi connectivity index (χ2v) is 7.85. The highest BCUT2D eigenvalue weighted by atomic mass is 16.2. The maximum atomic E-state index is 12.6. The molecule has 28 heavy (non-hydrogen) atoms. The molecule has 1 atom stereocenters. The Morgan fingerprint density at radius 1 is 1.14 bits per heavy atom. The standard InChI is InChI=1S/C22H33N3O3/c1-16(2)20(24-21(27)18-11-7-6-10-17(18)3)22(28)23-13-9-15-25-14-8-4-5-12-19(25)26/h6-7,10-11,16,20H,4-5,8-9,12-15H2,1-3H3,(H,23,28)(H,24,27). The van der Waals surface area contributed by atoms with Crippen molar-refractivity contribution in [2.24, 2.45) is 5.92 Å². The summed E-state index contributed by atoms with van der Waals surface area (Å²) < 4.78 is 0. The van der Waals surface area contributed by atoms with E-state index in [2.05, 4.69) is 10.6 Å². The predicted molar refractivity (Wildman–Crippen MR) is 110 cm³/mol. The van der Waals surface area contributed by atoms with Gasteiger partial charge in [-0.25, -0.2) is 0 Å². The largest absolute Gasteiger partial charge is 0.354 e. The molecule has 1 fully saturated rings. The van der Waals surface area contributed by atoms with Gasteiger partial charge in [-0.2, -0.15) is 0 Å². The lowest BCUT2D eigenvalue weighted by molar-refractivity contribution is -0.130. The lowest BCUT2D eigenvalue weighted by Gasteiger charge is -2.23. The Bertz CT molecular complexity index is 687. The van der Waals surface area contributed by atoms with Gasteiger partial charge in [-0.15, -0.1) is 0 Å². The Kier molecular flexibility index (Phi) is 8.48. The highest BCUT2D eigenvalue weighted by Gasteiger charge is 2.25. The summed E-state index contributed by atoms with van der Waals surface area (Å²) in [5.74, 6) is -0.226. The van der Waals surface area contributed by atoms with E-state index >= 15 is 0 Å². The van der Waals surface area contributed by atoms with Crippen LogP contribution in [0.15, 0.2) is 24.3 Å². The van der Waals surface area contributed by atoms with Gasteiger partial charge < -0.3 is 15.5 Å². The van der Waals surface area contributed by atoms with Gasteiger partial charge in [0, 0.05) is 31.6 Å². The van der Waals surface area contributed by atoms with Crippen molar-refractivity contribution < 1.29 is 14.4 Å². The van der Waals surface area contributed by atoms with Gasteiger partial charge in [0.15, 0.2) is 0 Å². The molecule has 3 amide bonds. The van der Waals surface area contributed by atoms with Gasteiger partial charge in [-0.1, -0.05) is 38.5 Å². The Balaban J connectivity index is 1.83. The molecule has 2 rings (SSSR count). The fourth-order valence-corrected chi connectivity index (χ4v) is 3.45. The van der Waals surface area contributed by atoms with Crippen LogP contribution < -0.4 is 10.6 Å². The van der Waals surface area contributed by atoms with Gasteiger partial charge in [-0.3, -0.25) is 14.4 Å². The first-order valence-corrected chi connectivity index (χ1v) is 10.3. The van der Waals surface area contributed by atoms with Gasteiger partial charge in [0.25, 0.3) is 5.91 Å². The lowest BCUT2D eigenvalue weighted by atomic mass is 10.0. The van der Waals surface area contributed by atoms with Crippen LogP contribution in [0.1, 0.15) is 61.9 Å². The van der Waals surface area contributed by atoms with E-state index in [4.69, 9.17) is 0 Å². The Morgan fingerprint density at radius 2 is 1.89 bits per heavy atom. The third-order valence-corrected chi connectivity index (χ3v) is 5.20. The number of amides is 3. The lowest BCUT2D eigenvalue weighted by Crippen LogP contribution is -2.50. The number of hydrogen-bond donors (Lipinski definition) is 2. The number of nitrogens with one attached hydrogen (secondary N) is 2. The molecule has 1 saturated heterocycles. The van der Waals surface area contributed by atoms with Gasteiger partial charge in [0.1, 0.15) is 6.04 Å². The normalized spacial score (nSPS) is 15.9. The zero-order valence-corrected chi connectivity index (χ0v) is 17.3. The minimum Gasteiger partial charge on any atom is -0.354 e. The highest BCUT2D eigenvalue weighted by molar-refractivity contribution is 5.98. The fourth-order valence-electron chi connectivity index (χ4n) is 3.45. The summed E-state index contributed by atoms with van der Waals surface area (Å²) >= 11 is 0. The molecule has 2 N–H and O–H groups in total. The van der Waals surface area contributed by atoms with Crippen molar-refractivity contribution in [2.45, 2.75) is 58.9 Å². The fraction of sp³-hybridized carbons (Fsp3) is 0.591. The molecule has 6 heteroatoms. The second kappa shape index (κ2) is 10.8. The number of benzene rings is 1. The molecule has 154 valence electrons. The molecule has 1 unspecified atom stereocenters. The second-order valence-electron chi connectivity index (χ2n) is 7.85. The minimum absolute atomic E-state index is 0.0276. The summed E-state index contributed by atoms with van der Waals surface area (Å²) in [6, 6.07) is 6.75. The summed E-state index contributed by atoms with van der Waals surface area (Å²) in [7, 11) is 0. The van der Waals surface area contributed by atoms with Crippen LogP contribution in [0.3, 0.4) is 0 Å². The third-order valence-electron chi connectivity index (χ3n) is 5.20. The Morgan fingerprint density at radius 3 is 2.61 bits per heavy atom. The molecule has 0 bridgehead atoms. The first-order valence-electron chi connectivity index (χ1n) is 10.3. The van der Waals surface area contributed by atoms with Crippen molar-refractivity contribution in [1.29, 1.82) is 0 Å². The number of hydrogen-bond acceptors (Lipinski definition) is 3. The topological polar surface area (TPSA) is 78.5 Å². The molecule has 0 aliphatic carbocycles. The van der Waals surface area contributed by atoms with E-state index in [1.165, 1.54) is 0 Å². The molecule has 0 radical (unpaired) electrons. The summed E-state index contributed by atoms with van der Waals surface area (Å²) in [5, 5.41) is 5.78. The molecular formula is C22H33N3O3. The van der Waals surface area contributed by atoms with Gasteiger partial charge >= 0.3 is 0 Å². The number of carbonyl (C=O) groups is 3. The minimum atomic E-state index is -0.591. The third kappa shape index (κ3) is 6.36. The van der Waals surface area contributed by atoms with Crippen molar-refractivity contribution >= 4 is 17.7 Å². The van der Waals surface area contributed by atoms with E-state index in [9.17, 15) is 14.4 Å². The summed E-state index contributed by atoms with van der Waals surface area (Å²) in [6.07, 6.45) is 4.48. The van der Waals surface area contributed by atoms with Crippen LogP contribution in [0.2, 0.25) is 0 Å². The van der Waals surface area contributed by atoms with Gasteiger partial charge in [0.2, 0.25) is 11.8 Å². The number of carbonyl (C=O) groups excluding carboxylic acids is 3. The molecule has 0 saturated carbocycles. The summed E-state index contributed by atoms with van der Waals surface area (Å²) in [4.78, 5) is 39.1. The molecule has 0 aromatic heterocycles. The van der Waals surface area contributed by atoms with Crippen LogP contribution in [0.25, 0.3) is 0 Å². The monoisotopic (exact) mass is 387 g/mol. The maximum Gasteiger partial charge on any atom is 0.252 e. The Labute approximate surface area is 168 Å². The highest BCUT2D eigenvalue weighted by Crippen LogP contribution is 2.12. The molecule has 6 nitrogen and oxygen atoms in total. The van der Waals surface area contributed by atoms with Crippen LogP contribution in [-0.2, 0) is 9.59 Å². The van der Waals surface area contributed by atoms with Crippen LogP contribution in [0.5, 0.6) is 0 Å². The SMILES string of the molecule is Cc1ccccc1C(=O)NC(C(=O)NCCCN1CCCCCC1=O)C(C)C. The van der Waals surface area contributed by atoms with Gasteiger partial charge in [0.05, 0.1) is 0 Å². The predicted octanol–water partition coefficient (Wildman–Crippen LogP) is 2.66. The molecule has 1 aromatic rings. The average Bonchev–Trinajstić information content (AvgIpc) is 2.87. The van der Waals surface area contributed by atoms with Crippen molar-refractivity contribution in [1.82, 2.24) is 15.5 Å². The number of aryl methyl sites for hydroxylation is 1. The zero-order chi connectivity index (χ0) is 20.5. The van der Waals surface area contributed by atoms with E-state index in [0.29, 0.717) is 31.5 Å². The van der Waals surface area contributed by atoms with E-state index in [1.54, 1.807) is 6.07 Å². The number of rotatable bonds is 8. The van der Waals surface area contributed by atoms with E-state index in [1.807, 2.05) is 43.9 Å². The van der Waals surface area contributed by atoms with Crippen LogP contribution in [0, 0.1) is 12.8 Å². The molecule has 1 heterocycles. The molecule has 1 aromatic carbocycles. The molecule has 0 spiro atoms. The van der Waals surface area contributed by atoms with Crippen LogP contribution in [-0.4, -0.2) is 48.3 Å². The van der Waals surface area contributed by atoms with E-state index in [-0.39, 0.29) is 23.6 Å². The van der Waals surface area contributed by atoms with E-state index in [0.717, 1.165) is 31.4 Å². The van der Waals surface area contributed by atoms with Gasteiger partial charge in [-0.05, 0) is 43.7 Å². The Hall–Kier alpha value is -2.37. The maximum absolute atomic E-state index is 12.6. The van der Waals surface area contributed by atoms with Crippen molar-refractivity contribution in [3.05, 3.63) is 35.4 Å². The van der Waals surface area contributed by atoms with Crippen LogP contribution in [0.4, 0.5) is 0 Å². The van der Waals surface area contributed by atoms with Crippen molar-refractivity contribution in [2.75, 3.05) is 19.6 Å². The summed E-state index contributed by atoms with van der Waals surface area (Å²) in [6.45, 7) is 7.68. The molecule has 1 aliphatic heterocycles.